The second-order valence-corrected chi connectivity index (χ2v) is 6.85. The Labute approximate surface area is 123 Å². The summed E-state index contributed by atoms with van der Waals surface area (Å²) in [5.41, 5.74) is 0.300. The normalized spacial score (nSPS) is 13.8. The maximum Gasteiger partial charge on any atom is 0.332 e. The molecule has 0 aliphatic carbocycles. The van der Waals surface area contributed by atoms with E-state index in [1.54, 1.807) is 13.4 Å². The van der Waals surface area contributed by atoms with E-state index in [4.69, 9.17) is 0 Å². The van der Waals surface area contributed by atoms with Gasteiger partial charge in [-0.1, -0.05) is 6.92 Å². The zero-order valence-corrected chi connectivity index (χ0v) is 13.6. The fourth-order valence-corrected chi connectivity index (χ4v) is 2.86. The van der Waals surface area contributed by atoms with Gasteiger partial charge in [0.1, 0.15) is 0 Å². The maximum absolute atomic E-state index is 12.3. The SMILES string of the molecule is CC(Cn1cnc2c1c(=O)n(C)c(=O)n2C)C[N+](C)(C)C. The molecule has 0 spiro atoms. The third kappa shape index (κ3) is 2.92. The van der Waals surface area contributed by atoms with Crippen LogP contribution in [0, 0.1) is 5.92 Å². The number of rotatable bonds is 4. The molecule has 7 nitrogen and oxygen atoms in total. The molecular formula is C14H24N5O2+. The van der Waals surface area contributed by atoms with E-state index in [1.807, 2.05) is 4.57 Å². The van der Waals surface area contributed by atoms with Crippen LogP contribution >= 0.6 is 0 Å². The number of quaternary nitrogens is 1. The van der Waals surface area contributed by atoms with Gasteiger partial charge in [0.25, 0.3) is 5.56 Å². The monoisotopic (exact) mass is 294 g/mol. The van der Waals surface area contributed by atoms with E-state index >= 15 is 0 Å². The minimum atomic E-state index is -0.350. The first-order valence-corrected chi connectivity index (χ1v) is 7.03. The lowest BCUT2D eigenvalue weighted by Gasteiger charge is -2.27. The van der Waals surface area contributed by atoms with E-state index in [0.717, 1.165) is 15.6 Å². The Bertz CT molecular complexity index is 775. The maximum atomic E-state index is 12.3. The molecule has 2 aromatic heterocycles. The highest BCUT2D eigenvalue weighted by Gasteiger charge is 2.18. The van der Waals surface area contributed by atoms with E-state index in [2.05, 4.69) is 33.1 Å². The summed E-state index contributed by atoms with van der Waals surface area (Å²) in [6.45, 7) is 3.85. The Kier molecular flexibility index (Phi) is 3.79. The minimum absolute atomic E-state index is 0.289. The van der Waals surface area contributed by atoms with Crippen LogP contribution in [-0.4, -0.2) is 50.9 Å². The fraction of sp³-hybridized carbons (Fsp3) is 0.643. The molecule has 1 unspecified atom stereocenters. The average molecular weight is 294 g/mol. The number of hydrogen-bond donors (Lipinski definition) is 0. The zero-order chi connectivity index (χ0) is 15.9. The van der Waals surface area contributed by atoms with E-state index in [9.17, 15) is 9.59 Å². The van der Waals surface area contributed by atoms with Crippen molar-refractivity contribution in [1.29, 1.82) is 0 Å². The van der Waals surface area contributed by atoms with Gasteiger partial charge in [0.2, 0.25) is 0 Å². The van der Waals surface area contributed by atoms with Crippen molar-refractivity contribution in [1.82, 2.24) is 18.7 Å². The lowest BCUT2D eigenvalue weighted by molar-refractivity contribution is -0.873. The summed E-state index contributed by atoms with van der Waals surface area (Å²) in [7, 11) is 9.57. The molecule has 0 fully saturated rings. The van der Waals surface area contributed by atoms with Gasteiger partial charge in [-0.3, -0.25) is 13.9 Å². The van der Waals surface area contributed by atoms with Gasteiger partial charge in [0, 0.05) is 26.6 Å². The Balaban J connectivity index is 2.48. The number of aryl methyl sites for hydroxylation is 1. The highest BCUT2D eigenvalue weighted by molar-refractivity contribution is 5.69. The molecule has 0 radical (unpaired) electrons. The Morgan fingerprint density at radius 3 is 2.38 bits per heavy atom. The minimum Gasteiger partial charge on any atom is -0.331 e. The van der Waals surface area contributed by atoms with Crippen LogP contribution < -0.4 is 11.2 Å². The van der Waals surface area contributed by atoms with Crippen LogP contribution in [0.5, 0.6) is 0 Å². The molecule has 0 saturated heterocycles. The molecule has 0 N–H and O–H groups in total. The third-order valence-corrected chi connectivity index (χ3v) is 3.58. The molecule has 116 valence electrons. The van der Waals surface area contributed by atoms with E-state index < -0.39 is 0 Å². The highest BCUT2D eigenvalue weighted by Crippen LogP contribution is 2.11. The first kappa shape index (κ1) is 15.5. The first-order chi connectivity index (χ1) is 9.61. The van der Waals surface area contributed by atoms with Crippen molar-refractivity contribution in [2.75, 3.05) is 27.7 Å². The van der Waals surface area contributed by atoms with E-state index in [0.29, 0.717) is 23.6 Å². The van der Waals surface area contributed by atoms with Crippen molar-refractivity contribution >= 4 is 11.2 Å². The summed E-state index contributed by atoms with van der Waals surface area (Å²) in [5, 5.41) is 0. The van der Waals surface area contributed by atoms with Gasteiger partial charge in [0.15, 0.2) is 11.2 Å². The van der Waals surface area contributed by atoms with Crippen LogP contribution in [0.1, 0.15) is 6.92 Å². The van der Waals surface area contributed by atoms with Gasteiger partial charge >= 0.3 is 5.69 Å². The molecular weight excluding hydrogens is 270 g/mol. The van der Waals surface area contributed by atoms with Crippen molar-refractivity contribution < 1.29 is 4.48 Å². The van der Waals surface area contributed by atoms with Crippen LogP contribution in [0.4, 0.5) is 0 Å². The molecule has 2 rings (SSSR count). The van der Waals surface area contributed by atoms with Crippen LogP contribution in [0.25, 0.3) is 11.2 Å². The number of fused-ring (bicyclic) bond motifs is 1. The van der Waals surface area contributed by atoms with Crippen LogP contribution in [-0.2, 0) is 20.6 Å². The molecule has 2 heterocycles. The summed E-state index contributed by atoms with van der Waals surface area (Å²) >= 11 is 0. The second-order valence-electron chi connectivity index (χ2n) is 6.85. The van der Waals surface area contributed by atoms with E-state index in [-0.39, 0.29) is 11.2 Å². The lowest BCUT2D eigenvalue weighted by atomic mass is 10.1. The Morgan fingerprint density at radius 2 is 1.81 bits per heavy atom. The largest absolute Gasteiger partial charge is 0.332 e. The van der Waals surface area contributed by atoms with Crippen LogP contribution in [0.2, 0.25) is 0 Å². The molecule has 7 heteroatoms. The molecule has 0 bridgehead atoms. The number of nitrogens with zero attached hydrogens (tertiary/aromatic N) is 5. The molecule has 0 saturated carbocycles. The average Bonchev–Trinajstić information content (AvgIpc) is 2.75. The zero-order valence-electron chi connectivity index (χ0n) is 13.6. The molecule has 0 aromatic carbocycles. The summed E-state index contributed by atoms with van der Waals surface area (Å²) in [4.78, 5) is 28.5. The van der Waals surface area contributed by atoms with Crippen LogP contribution in [0.3, 0.4) is 0 Å². The predicted molar refractivity (Wildman–Crippen MR) is 82.3 cm³/mol. The van der Waals surface area contributed by atoms with Crippen molar-refractivity contribution in [3.63, 3.8) is 0 Å². The van der Waals surface area contributed by atoms with Crippen molar-refractivity contribution in [3.8, 4) is 0 Å². The van der Waals surface area contributed by atoms with Crippen LogP contribution in [0.15, 0.2) is 15.9 Å². The smallest absolute Gasteiger partial charge is 0.331 e. The van der Waals surface area contributed by atoms with E-state index in [1.165, 1.54) is 11.6 Å². The Morgan fingerprint density at radius 1 is 1.19 bits per heavy atom. The van der Waals surface area contributed by atoms with Gasteiger partial charge in [-0.25, -0.2) is 9.78 Å². The van der Waals surface area contributed by atoms with Gasteiger partial charge in [-0.05, 0) is 0 Å². The van der Waals surface area contributed by atoms with Crippen molar-refractivity contribution in [3.05, 3.63) is 27.2 Å². The second kappa shape index (κ2) is 5.14. The summed E-state index contributed by atoms with van der Waals surface area (Å²) < 4.78 is 5.27. The van der Waals surface area contributed by atoms with Crippen molar-refractivity contribution in [2.24, 2.45) is 20.0 Å². The summed E-state index contributed by atoms with van der Waals surface area (Å²) in [6.07, 6.45) is 1.65. The molecule has 0 aliphatic rings. The molecule has 1 atom stereocenters. The third-order valence-electron chi connectivity index (χ3n) is 3.58. The predicted octanol–water partition coefficient (Wildman–Crippen LogP) is -0.224. The van der Waals surface area contributed by atoms with Gasteiger partial charge < -0.3 is 9.05 Å². The van der Waals surface area contributed by atoms with Gasteiger partial charge in [-0.15, -0.1) is 0 Å². The summed E-state index contributed by atoms with van der Waals surface area (Å²) in [5.74, 6) is 0.393. The lowest BCUT2D eigenvalue weighted by Crippen LogP contribution is -2.40. The molecule has 21 heavy (non-hydrogen) atoms. The molecule has 0 amide bonds. The number of aromatic nitrogens is 4. The molecule has 0 aliphatic heterocycles. The topological polar surface area (TPSA) is 61.8 Å². The highest BCUT2D eigenvalue weighted by atomic mass is 16.2. The van der Waals surface area contributed by atoms with Crippen molar-refractivity contribution in [2.45, 2.75) is 13.5 Å². The van der Waals surface area contributed by atoms with Gasteiger partial charge in [0.05, 0.1) is 34.0 Å². The molecule has 2 aromatic rings. The first-order valence-electron chi connectivity index (χ1n) is 7.03. The van der Waals surface area contributed by atoms with Gasteiger partial charge in [-0.2, -0.15) is 0 Å². The standard InChI is InChI=1S/C14H24N5O2/c1-10(8-19(4,5)6)7-18-9-15-12-11(18)13(20)17(3)14(21)16(12)2/h9-10H,7-8H2,1-6H3/q+1. The summed E-state index contributed by atoms with van der Waals surface area (Å²) in [6, 6.07) is 0. The fourth-order valence-electron chi connectivity index (χ4n) is 2.86. The quantitative estimate of drug-likeness (QED) is 0.732. The Hall–Kier alpha value is -1.89. The number of hydrogen-bond acceptors (Lipinski definition) is 3. The number of imidazole rings is 1.